The fraction of sp³-hybridized carbons (Fsp3) is 0.714. The van der Waals surface area contributed by atoms with Gasteiger partial charge in [0.25, 0.3) is 0 Å². The zero-order valence-electron chi connectivity index (χ0n) is 12.4. The second kappa shape index (κ2) is 6.54. The number of nitrogens with zero attached hydrogens (tertiary/aromatic N) is 3. The van der Waals surface area contributed by atoms with Crippen LogP contribution in [-0.4, -0.2) is 54.7 Å². The van der Waals surface area contributed by atoms with E-state index in [2.05, 4.69) is 35.8 Å². The number of carboxylic acids is 1. The number of anilines is 1. The van der Waals surface area contributed by atoms with E-state index in [4.69, 9.17) is 0 Å². The number of fused-ring (bicyclic) bond motifs is 1. The van der Waals surface area contributed by atoms with Crippen molar-refractivity contribution in [3.8, 4) is 0 Å². The Balaban J connectivity index is 2.14. The Labute approximate surface area is 124 Å². The molecule has 0 fully saturated rings. The monoisotopic (exact) mass is 297 g/mol. The summed E-state index contributed by atoms with van der Waals surface area (Å²) in [6.45, 7) is 5.04. The Morgan fingerprint density at radius 2 is 2.15 bits per heavy atom. The average molecular weight is 297 g/mol. The summed E-state index contributed by atoms with van der Waals surface area (Å²) in [7, 11) is 4.12. The maximum absolute atomic E-state index is 11.2. The maximum Gasteiger partial charge on any atom is 0.312 e. The third-order valence-corrected chi connectivity index (χ3v) is 4.78. The topological polar surface area (TPSA) is 56.7 Å². The van der Waals surface area contributed by atoms with E-state index in [1.54, 1.807) is 11.3 Å². The summed E-state index contributed by atoms with van der Waals surface area (Å²) in [6, 6.07) is 0. The molecule has 20 heavy (non-hydrogen) atoms. The Bertz CT molecular complexity index is 473. The first kappa shape index (κ1) is 15.3. The fourth-order valence-electron chi connectivity index (χ4n) is 2.48. The van der Waals surface area contributed by atoms with Crippen LogP contribution >= 0.6 is 11.3 Å². The van der Waals surface area contributed by atoms with Crippen LogP contribution < -0.4 is 4.90 Å². The zero-order valence-corrected chi connectivity index (χ0v) is 13.2. The van der Waals surface area contributed by atoms with E-state index in [0.717, 1.165) is 43.3 Å². The molecule has 1 atom stereocenters. The Kier molecular flexibility index (Phi) is 4.99. The van der Waals surface area contributed by atoms with Crippen molar-refractivity contribution in [1.29, 1.82) is 0 Å². The molecule has 0 saturated heterocycles. The Hall–Kier alpha value is -1.14. The van der Waals surface area contributed by atoms with Crippen molar-refractivity contribution in [3.63, 3.8) is 0 Å². The molecule has 0 saturated carbocycles. The van der Waals surface area contributed by atoms with Gasteiger partial charge in [-0.25, -0.2) is 4.98 Å². The molecule has 1 N–H and O–H groups in total. The second-order valence-electron chi connectivity index (χ2n) is 5.52. The van der Waals surface area contributed by atoms with Crippen LogP contribution in [0.5, 0.6) is 0 Å². The van der Waals surface area contributed by atoms with Gasteiger partial charge in [0.2, 0.25) is 0 Å². The molecular weight excluding hydrogens is 274 g/mol. The van der Waals surface area contributed by atoms with Crippen molar-refractivity contribution in [2.75, 3.05) is 38.6 Å². The van der Waals surface area contributed by atoms with Crippen molar-refractivity contribution < 1.29 is 9.90 Å². The quantitative estimate of drug-likeness (QED) is 0.834. The average Bonchev–Trinajstić information content (AvgIpc) is 2.93. The number of aliphatic carboxylic acids is 1. The van der Waals surface area contributed by atoms with Gasteiger partial charge in [0.1, 0.15) is 5.92 Å². The molecule has 0 spiro atoms. The van der Waals surface area contributed by atoms with Gasteiger partial charge in [-0.05, 0) is 33.4 Å². The SMILES string of the molecule is CCCN(CCN(C)C)c1nc2c(s1)CCC2C(=O)O. The Morgan fingerprint density at radius 3 is 2.75 bits per heavy atom. The van der Waals surface area contributed by atoms with E-state index < -0.39 is 11.9 Å². The van der Waals surface area contributed by atoms with Gasteiger partial charge in [0.15, 0.2) is 5.13 Å². The number of aromatic nitrogens is 1. The minimum atomic E-state index is -0.740. The second-order valence-corrected chi connectivity index (χ2v) is 6.59. The van der Waals surface area contributed by atoms with E-state index in [-0.39, 0.29) is 0 Å². The molecule has 1 unspecified atom stereocenters. The summed E-state index contributed by atoms with van der Waals surface area (Å²) in [4.78, 5) is 21.5. The molecule has 1 aliphatic carbocycles. The van der Waals surface area contributed by atoms with Crippen LogP contribution in [0.3, 0.4) is 0 Å². The van der Waals surface area contributed by atoms with Gasteiger partial charge in [-0.3, -0.25) is 4.79 Å². The molecule has 1 heterocycles. The van der Waals surface area contributed by atoms with Gasteiger partial charge in [-0.15, -0.1) is 11.3 Å². The number of hydrogen-bond acceptors (Lipinski definition) is 5. The number of likely N-dealkylation sites (N-methyl/N-ethyl adjacent to an activating group) is 1. The zero-order chi connectivity index (χ0) is 14.7. The first-order valence-corrected chi connectivity index (χ1v) is 7.96. The van der Waals surface area contributed by atoms with Crippen molar-refractivity contribution in [3.05, 3.63) is 10.6 Å². The van der Waals surface area contributed by atoms with E-state index >= 15 is 0 Å². The fourth-order valence-corrected chi connectivity index (χ4v) is 3.67. The lowest BCUT2D eigenvalue weighted by molar-refractivity contribution is -0.138. The van der Waals surface area contributed by atoms with Crippen LogP contribution in [0.15, 0.2) is 0 Å². The first-order chi connectivity index (χ1) is 9.52. The molecule has 1 aliphatic rings. The number of hydrogen-bond donors (Lipinski definition) is 1. The van der Waals surface area contributed by atoms with Crippen LogP contribution in [-0.2, 0) is 11.2 Å². The highest BCUT2D eigenvalue weighted by molar-refractivity contribution is 7.15. The van der Waals surface area contributed by atoms with E-state index in [9.17, 15) is 9.90 Å². The highest BCUT2D eigenvalue weighted by Crippen LogP contribution is 2.39. The number of aryl methyl sites for hydroxylation is 1. The van der Waals surface area contributed by atoms with Crippen LogP contribution in [0.4, 0.5) is 5.13 Å². The molecule has 112 valence electrons. The molecule has 0 aromatic carbocycles. The third-order valence-electron chi connectivity index (χ3n) is 3.59. The van der Waals surface area contributed by atoms with E-state index in [0.29, 0.717) is 6.42 Å². The van der Waals surface area contributed by atoms with Gasteiger partial charge in [-0.1, -0.05) is 6.92 Å². The van der Waals surface area contributed by atoms with Crippen LogP contribution in [0.1, 0.15) is 36.3 Å². The standard InChI is InChI=1S/C14H23N3O2S/c1-4-7-17(9-8-16(2)3)14-15-12-10(13(18)19)5-6-11(12)20-14/h10H,4-9H2,1-3H3,(H,18,19). The van der Waals surface area contributed by atoms with Gasteiger partial charge < -0.3 is 14.9 Å². The highest BCUT2D eigenvalue weighted by Gasteiger charge is 2.33. The lowest BCUT2D eigenvalue weighted by Crippen LogP contribution is -2.32. The van der Waals surface area contributed by atoms with Crippen LogP contribution in [0, 0.1) is 0 Å². The van der Waals surface area contributed by atoms with Crippen LogP contribution in [0.2, 0.25) is 0 Å². The van der Waals surface area contributed by atoms with Gasteiger partial charge in [0, 0.05) is 24.5 Å². The van der Waals surface area contributed by atoms with Crippen molar-refractivity contribution in [1.82, 2.24) is 9.88 Å². The molecular formula is C14H23N3O2S. The number of thiazole rings is 1. The highest BCUT2D eigenvalue weighted by atomic mass is 32.1. The summed E-state index contributed by atoms with van der Waals surface area (Å²) in [5.74, 6) is -1.14. The minimum absolute atomic E-state index is 0.396. The number of rotatable bonds is 7. The molecule has 1 aromatic heterocycles. The predicted molar refractivity (Wildman–Crippen MR) is 81.9 cm³/mol. The summed E-state index contributed by atoms with van der Waals surface area (Å²) in [5, 5.41) is 10.2. The largest absolute Gasteiger partial charge is 0.481 e. The third kappa shape index (κ3) is 3.30. The number of carbonyl (C=O) groups is 1. The van der Waals surface area contributed by atoms with Gasteiger partial charge >= 0.3 is 5.97 Å². The molecule has 0 amide bonds. The molecule has 0 bridgehead atoms. The predicted octanol–water partition coefficient (Wildman–Crippen LogP) is 2.04. The summed E-state index contributed by atoms with van der Waals surface area (Å²) < 4.78 is 0. The molecule has 1 aromatic rings. The maximum atomic E-state index is 11.2. The summed E-state index contributed by atoms with van der Waals surface area (Å²) in [6.07, 6.45) is 2.63. The first-order valence-electron chi connectivity index (χ1n) is 7.15. The molecule has 2 rings (SSSR count). The Morgan fingerprint density at radius 1 is 1.40 bits per heavy atom. The normalized spacial score (nSPS) is 17.5. The smallest absolute Gasteiger partial charge is 0.312 e. The molecule has 6 heteroatoms. The lowest BCUT2D eigenvalue weighted by Gasteiger charge is -2.23. The van der Waals surface area contributed by atoms with E-state index in [1.807, 2.05) is 0 Å². The molecule has 0 aliphatic heterocycles. The minimum Gasteiger partial charge on any atom is -0.481 e. The van der Waals surface area contributed by atoms with Crippen LogP contribution in [0.25, 0.3) is 0 Å². The molecule has 0 radical (unpaired) electrons. The summed E-state index contributed by atoms with van der Waals surface area (Å²) in [5.41, 5.74) is 0.809. The van der Waals surface area contributed by atoms with Gasteiger partial charge in [0.05, 0.1) is 5.69 Å². The van der Waals surface area contributed by atoms with Crippen molar-refractivity contribution in [2.45, 2.75) is 32.1 Å². The van der Waals surface area contributed by atoms with Crippen molar-refractivity contribution >= 4 is 22.4 Å². The van der Waals surface area contributed by atoms with Gasteiger partial charge in [-0.2, -0.15) is 0 Å². The van der Waals surface area contributed by atoms with Crippen molar-refractivity contribution in [2.24, 2.45) is 0 Å². The molecule has 5 nitrogen and oxygen atoms in total. The van der Waals surface area contributed by atoms with E-state index in [1.165, 1.54) is 4.88 Å². The number of carboxylic acid groups (broad SMARTS) is 1. The lowest BCUT2D eigenvalue weighted by atomic mass is 10.1. The summed E-state index contributed by atoms with van der Waals surface area (Å²) >= 11 is 1.68.